The van der Waals surface area contributed by atoms with Gasteiger partial charge in [-0.1, -0.05) is 45.8 Å². The third-order valence-corrected chi connectivity index (χ3v) is 20.7. The Labute approximate surface area is 535 Å². The fourth-order valence-electron chi connectivity index (χ4n) is 15.0. The van der Waals surface area contributed by atoms with Crippen LogP contribution in [0.25, 0.3) is 0 Å². The number of nitrogens with zero attached hydrogens (tertiary/aromatic N) is 3. The van der Waals surface area contributed by atoms with E-state index in [1.807, 2.05) is 19.0 Å². The number of carbonyl (C=O) groups is 5. The first-order valence-corrected chi connectivity index (χ1v) is 35.0. The molecule has 4 amide bonds. The standard InChI is InChI=1S/C66H97N7O17S/c1-36(2)56(72-54(76)17-12-10-11-15-40-32-69-65(70-33-40)91(9,80)81)64(79)71-47(16-13-14-24-73(6)7)63(78)68-35-55(77)67-34-42(75)29-52-57(82-8)46-28-41(74)27-44-19-21-49-58(85-44)62-61-60(87-49)59-53(88-61)31-66(89-59,90-62)23-22-45-26-38(4)48(83-45)20-18-43-25-37(3)39(5)50(84-43)30-51(46)86-52/h32-33,36-37,42-53,56-62,75H,4-5,10,12-14,16-31,34-35H2,1-3,6-9H3,(H,67,77)(H,68,78)(H,71,79)(H,72,76)/t37-,42+,43+,44-,45+,46+,47+,48?,49+,50-,51+,52-,53?,56+,57-,58+,59+,60+,61-,62+,66+/m1/s1. The van der Waals surface area contributed by atoms with Crippen LogP contribution in [0.1, 0.15) is 148 Å². The summed E-state index contributed by atoms with van der Waals surface area (Å²) in [5, 5.41) is 22.4. The Hall–Kier alpha value is -4.82. The van der Waals surface area contributed by atoms with Gasteiger partial charge in [0.2, 0.25) is 38.6 Å². The smallest absolute Gasteiger partial charge is 0.246 e. The first-order chi connectivity index (χ1) is 43.4. The molecule has 0 aliphatic carbocycles. The Balaban J connectivity index is 0.747. The minimum atomic E-state index is -3.55. The Bertz CT molecular complexity index is 2960. The maximum absolute atomic E-state index is 14.6. The zero-order valence-corrected chi connectivity index (χ0v) is 54.8. The first-order valence-electron chi connectivity index (χ1n) is 33.1. The number of aliphatic hydroxyl groups excluding tert-OH is 1. The predicted octanol–water partition coefficient (Wildman–Crippen LogP) is 3.48. The number of Topliss-reactive ketones (excluding diaryl/α,β-unsaturated/α-hetero) is 1. The van der Waals surface area contributed by atoms with E-state index in [9.17, 15) is 37.5 Å². The molecule has 10 fully saturated rings. The molecule has 10 aliphatic rings. The van der Waals surface area contributed by atoms with Gasteiger partial charge in [0.05, 0.1) is 79.3 Å². The zero-order chi connectivity index (χ0) is 64.9. The second kappa shape index (κ2) is 30.3. The lowest BCUT2D eigenvalue weighted by atomic mass is 9.81. The van der Waals surface area contributed by atoms with Crippen molar-refractivity contribution in [1.82, 2.24) is 36.1 Å². The van der Waals surface area contributed by atoms with E-state index >= 15 is 0 Å². The van der Waals surface area contributed by atoms with Crippen LogP contribution >= 0.6 is 0 Å². The average molecular weight is 1290 g/mol. The van der Waals surface area contributed by atoms with Crippen LogP contribution in [0.4, 0.5) is 0 Å². The quantitative estimate of drug-likeness (QED) is 0.0509. The lowest BCUT2D eigenvalue weighted by molar-refractivity contribution is -0.292. The van der Waals surface area contributed by atoms with Crippen LogP contribution in [-0.2, 0) is 76.4 Å². The van der Waals surface area contributed by atoms with Crippen molar-refractivity contribution in [3.05, 3.63) is 42.3 Å². The highest BCUT2D eigenvalue weighted by Gasteiger charge is 2.69. The molecule has 21 atom stereocenters. The topological polar surface area (TPSA) is 300 Å². The molecule has 1 aromatic heterocycles. The number of hydrogen-bond donors (Lipinski definition) is 5. The highest BCUT2D eigenvalue weighted by molar-refractivity contribution is 7.90. The van der Waals surface area contributed by atoms with Gasteiger partial charge in [0.25, 0.3) is 0 Å². The van der Waals surface area contributed by atoms with E-state index in [-0.39, 0.29) is 128 Å². The van der Waals surface area contributed by atoms with Crippen molar-refractivity contribution >= 4 is 39.2 Å². The third kappa shape index (κ3) is 17.2. The fraction of sp³-hybridized carbons (Fsp3) is 0.773. The summed E-state index contributed by atoms with van der Waals surface area (Å²) in [7, 11) is 1.91. The van der Waals surface area contributed by atoms with E-state index in [2.05, 4.69) is 63.2 Å². The van der Waals surface area contributed by atoms with Crippen molar-refractivity contribution < 1.29 is 80.1 Å². The number of ketones is 1. The van der Waals surface area contributed by atoms with E-state index in [4.69, 9.17) is 42.6 Å². The summed E-state index contributed by atoms with van der Waals surface area (Å²) >= 11 is 0. The molecule has 1 aromatic rings. The Morgan fingerprint density at radius 3 is 2.27 bits per heavy atom. The number of unbranched alkanes of at least 4 members (excludes halogenated alkanes) is 2. The molecule has 25 heteroatoms. The second-order valence-electron chi connectivity index (χ2n) is 27.5. The summed E-state index contributed by atoms with van der Waals surface area (Å²) in [5.74, 6) is 2.21. The number of sulfone groups is 1. The molecule has 91 heavy (non-hydrogen) atoms. The highest BCUT2D eigenvalue weighted by Crippen LogP contribution is 2.54. The van der Waals surface area contributed by atoms with Gasteiger partial charge in [0.1, 0.15) is 48.4 Å². The Kier molecular flexibility index (Phi) is 23.0. The molecule has 0 aromatic carbocycles. The number of ether oxygens (including phenoxy) is 9. The molecule has 10 aliphatic heterocycles. The number of carbonyl (C=O) groups excluding carboxylic acids is 5. The number of nitrogens with one attached hydrogen (secondary N) is 4. The molecule has 11 rings (SSSR count). The molecule has 0 radical (unpaired) electrons. The zero-order valence-electron chi connectivity index (χ0n) is 54.0. The number of aliphatic hydroxyl groups is 1. The summed E-state index contributed by atoms with van der Waals surface area (Å²) in [6.07, 6.45) is 7.22. The average Bonchev–Trinajstić information content (AvgIpc) is 1.55. The van der Waals surface area contributed by atoms with Crippen molar-refractivity contribution in [2.75, 3.05) is 47.1 Å². The number of fused-ring (bicyclic) bond motifs is 6. The SMILES string of the molecule is C=C1C[C@@H]2CC[C@@]34CC5O[C@H]6[C@@H](O3)[C@H]3O[C@H](CC[C@@H]3O[C@H]6[C@H]5O4)CC(=O)C[C@@H]3[C@@H](OC)[C@@H](C[C@H](O)CNC(=O)CNC(=O)[C@H](CCCCN(C)C)NC(=O)[C@@H](NC(=O)CCCC#Cc4cnc(S(C)(=O)=O)nc4)C(C)C)O[C@H]3C[C@H]3O[C@@H](CCC1O2)C[C@@H](C)C3=C. The van der Waals surface area contributed by atoms with Gasteiger partial charge >= 0.3 is 0 Å². The molecule has 1 spiro atoms. The van der Waals surface area contributed by atoms with Crippen LogP contribution in [0.15, 0.2) is 41.9 Å². The van der Waals surface area contributed by atoms with Gasteiger partial charge in [-0.15, -0.1) is 0 Å². The van der Waals surface area contributed by atoms with Gasteiger partial charge in [-0.2, -0.15) is 0 Å². The molecule has 24 nitrogen and oxygen atoms in total. The van der Waals surface area contributed by atoms with Gasteiger partial charge < -0.3 is 73.9 Å². The van der Waals surface area contributed by atoms with Crippen molar-refractivity contribution in [1.29, 1.82) is 0 Å². The lowest BCUT2D eigenvalue weighted by Crippen LogP contribution is -2.61. The third-order valence-electron chi connectivity index (χ3n) is 19.8. The number of methoxy groups -OCH3 is 1. The largest absolute Gasteiger partial charge is 0.391 e. The first kappa shape index (κ1) is 69.0. The van der Waals surface area contributed by atoms with E-state index < -0.39 is 94.5 Å². The number of rotatable bonds is 21. The monoisotopic (exact) mass is 1290 g/mol. The Morgan fingerprint density at radius 1 is 0.802 bits per heavy atom. The minimum Gasteiger partial charge on any atom is -0.391 e. The summed E-state index contributed by atoms with van der Waals surface area (Å²) in [6.45, 7) is 14.8. The molecule has 0 saturated carbocycles. The Morgan fingerprint density at radius 2 is 1.53 bits per heavy atom. The summed E-state index contributed by atoms with van der Waals surface area (Å²) in [6, 6.07) is -2.00. The van der Waals surface area contributed by atoms with Crippen LogP contribution in [0.2, 0.25) is 0 Å². The van der Waals surface area contributed by atoms with Gasteiger partial charge in [-0.25, -0.2) is 18.4 Å². The summed E-state index contributed by atoms with van der Waals surface area (Å²) in [4.78, 5) is 78.5. The van der Waals surface area contributed by atoms with Gasteiger partial charge in [-0.05, 0) is 114 Å². The molecule has 2 unspecified atom stereocenters. The van der Waals surface area contributed by atoms with E-state index in [1.54, 1.807) is 21.0 Å². The van der Waals surface area contributed by atoms with E-state index in [0.29, 0.717) is 56.9 Å². The number of amides is 4. The molecular formula is C66H97N7O17S. The number of aromatic nitrogens is 2. The van der Waals surface area contributed by atoms with E-state index in [1.165, 1.54) is 12.4 Å². The van der Waals surface area contributed by atoms with Crippen LogP contribution in [0, 0.1) is 29.6 Å². The van der Waals surface area contributed by atoms with Gasteiger partial charge in [-0.3, -0.25) is 24.0 Å². The van der Waals surface area contributed by atoms with Crippen molar-refractivity contribution in [2.24, 2.45) is 17.8 Å². The molecular weight excluding hydrogens is 1190 g/mol. The molecule has 11 heterocycles. The maximum Gasteiger partial charge on any atom is 0.246 e. The van der Waals surface area contributed by atoms with Crippen LogP contribution in [0.5, 0.6) is 0 Å². The molecule has 504 valence electrons. The highest BCUT2D eigenvalue weighted by atomic mass is 32.2. The van der Waals surface area contributed by atoms with Gasteiger partial charge in [0.15, 0.2) is 5.79 Å². The predicted molar refractivity (Wildman–Crippen MR) is 330 cm³/mol. The van der Waals surface area contributed by atoms with Crippen molar-refractivity contribution in [2.45, 2.75) is 263 Å². The normalized spacial score (nSPS) is 35.5. The van der Waals surface area contributed by atoms with Crippen LogP contribution in [0.3, 0.4) is 0 Å². The van der Waals surface area contributed by atoms with Crippen LogP contribution < -0.4 is 21.3 Å². The summed E-state index contributed by atoms with van der Waals surface area (Å²) < 4.78 is 84.2. The summed E-state index contributed by atoms with van der Waals surface area (Å²) in [5.41, 5.74) is 2.46. The minimum absolute atomic E-state index is 0.00725. The lowest BCUT2D eigenvalue weighted by Gasteiger charge is -2.47. The van der Waals surface area contributed by atoms with Crippen molar-refractivity contribution in [3.8, 4) is 11.8 Å². The molecule has 12 bridgehead atoms. The van der Waals surface area contributed by atoms with Gasteiger partial charge in [0, 0.05) is 89.6 Å². The molecule has 5 N–H and O–H groups in total. The molecule has 10 saturated heterocycles. The maximum atomic E-state index is 14.6. The fourth-order valence-corrected chi connectivity index (χ4v) is 15.5. The second-order valence-corrected chi connectivity index (χ2v) is 29.5. The van der Waals surface area contributed by atoms with Crippen LogP contribution in [-0.4, -0.2) is 220 Å². The van der Waals surface area contributed by atoms with E-state index in [0.717, 1.165) is 62.5 Å². The number of hydrogen-bond acceptors (Lipinski definition) is 20. The van der Waals surface area contributed by atoms with Crippen molar-refractivity contribution in [3.63, 3.8) is 0 Å².